The molecular formula is C12H20N2O4S. The molecule has 0 bridgehead atoms. The van der Waals surface area contributed by atoms with E-state index in [4.69, 9.17) is 32.2 Å². The third-order valence-electron chi connectivity index (χ3n) is 3.63. The molecule has 0 saturated carbocycles. The van der Waals surface area contributed by atoms with E-state index in [9.17, 15) is 4.79 Å². The number of thiocarbonyl (C=S) groups is 1. The van der Waals surface area contributed by atoms with Gasteiger partial charge in [-0.25, -0.2) is 0 Å². The fourth-order valence-corrected chi connectivity index (χ4v) is 2.63. The van der Waals surface area contributed by atoms with Gasteiger partial charge in [-0.3, -0.25) is 4.79 Å². The van der Waals surface area contributed by atoms with Crippen molar-refractivity contribution < 1.29 is 19.0 Å². The van der Waals surface area contributed by atoms with Gasteiger partial charge in [0.15, 0.2) is 0 Å². The number of carbonyl (C=O) groups is 1. The molecular weight excluding hydrogens is 268 g/mol. The molecule has 2 saturated heterocycles. The first-order chi connectivity index (χ1) is 9.15. The van der Waals surface area contributed by atoms with Crippen LogP contribution in [0.5, 0.6) is 0 Å². The minimum absolute atomic E-state index is 0.0964. The third-order valence-corrected chi connectivity index (χ3v) is 4.02. The van der Waals surface area contributed by atoms with E-state index in [0.717, 1.165) is 0 Å². The van der Waals surface area contributed by atoms with Crippen molar-refractivity contribution in [2.45, 2.75) is 18.9 Å². The predicted octanol–water partition coefficient (Wildman–Crippen LogP) is -0.399. The van der Waals surface area contributed by atoms with E-state index in [0.29, 0.717) is 52.4 Å². The predicted molar refractivity (Wildman–Crippen MR) is 72.8 cm³/mol. The summed E-state index contributed by atoms with van der Waals surface area (Å²) in [6.45, 7) is 3.11. The summed E-state index contributed by atoms with van der Waals surface area (Å²) in [5, 5.41) is 2.88. The summed E-state index contributed by atoms with van der Waals surface area (Å²) in [5.74, 6) is -0.127. The molecule has 2 heterocycles. The summed E-state index contributed by atoms with van der Waals surface area (Å²) in [7, 11) is 0. The number of rotatable bonds is 4. The molecule has 108 valence electrons. The highest BCUT2D eigenvalue weighted by molar-refractivity contribution is 7.80. The lowest BCUT2D eigenvalue weighted by Gasteiger charge is -2.35. The second-order valence-electron chi connectivity index (χ2n) is 4.84. The molecule has 0 spiro atoms. The molecule has 1 amide bonds. The standard InChI is InChI=1S/C12H20N2O4S/c13-10(19)12(1-3-16-4-2-12)11(15)14-7-9-8-17-5-6-18-9/h9H,1-8H2,(H2,13,19)(H,14,15). The molecule has 1 atom stereocenters. The first-order valence-corrected chi connectivity index (χ1v) is 6.91. The fraction of sp³-hybridized carbons (Fsp3) is 0.833. The minimum atomic E-state index is -0.775. The van der Waals surface area contributed by atoms with Crippen molar-refractivity contribution in [3.8, 4) is 0 Å². The molecule has 2 fully saturated rings. The van der Waals surface area contributed by atoms with Gasteiger partial charge < -0.3 is 25.3 Å². The maximum Gasteiger partial charge on any atom is 0.233 e. The first kappa shape index (κ1) is 14.6. The molecule has 19 heavy (non-hydrogen) atoms. The van der Waals surface area contributed by atoms with Crippen LogP contribution in [0.4, 0.5) is 0 Å². The molecule has 7 heteroatoms. The van der Waals surface area contributed by atoms with Crippen LogP contribution in [0.1, 0.15) is 12.8 Å². The average molecular weight is 288 g/mol. The normalized spacial score (nSPS) is 26.6. The maximum absolute atomic E-state index is 12.4. The summed E-state index contributed by atoms with van der Waals surface area (Å²) in [6, 6.07) is 0. The van der Waals surface area contributed by atoms with Gasteiger partial charge in [-0.2, -0.15) is 0 Å². The Bertz CT molecular complexity index is 339. The lowest BCUT2D eigenvalue weighted by molar-refractivity contribution is -0.133. The number of hydrogen-bond donors (Lipinski definition) is 2. The van der Waals surface area contributed by atoms with Crippen molar-refractivity contribution in [3.05, 3.63) is 0 Å². The number of ether oxygens (including phenoxy) is 3. The molecule has 2 aliphatic heterocycles. The Morgan fingerprint density at radius 2 is 2.00 bits per heavy atom. The van der Waals surface area contributed by atoms with Crippen LogP contribution in [0.3, 0.4) is 0 Å². The van der Waals surface area contributed by atoms with E-state index in [-0.39, 0.29) is 17.0 Å². The van der Waals surface area contributed by atoms with Crippen molar-refractivity contribution >= 4 is 23.1 Å². The number of carbonyl (C=O) groups excluding carboxylic acids is 1. The van der Waals surface area contributed by atoms with Crippen LogP contribution in [0.25, 0.3) is 0 Å². The van der Waals surface area contributed by atoms with Gasteiger partial charge in [0.25, 0.3) is 0 Å². The Morgan fingerprint density at radius 1 is 1.26 bits per heavy atom. The van der Waals surface area contributed by atoms with Crippen molar-refractivity contribution in [1.82, 2.24) is 5.32 Å². The van der Waals surface area contributed by atoms with Crippen LogP contribution >= 0.6 is 12.2 Å². The van der Waals surface area contributed by atoms with Crippen LogP contribution in [0, 0.1) is 5.41 Å². The Kier molecular flexibility index (Phi) is 5.09. The van der Waals surface area contributed by atoms with Gasteiger partial charge in [0, 0.05) is 19.8 Å². The fourth-order valence-electron chi connectivity index (χ4n) is 2.34. The van der Waals surface area contributed by atoms with Gasteiger partial charge in [0.2, 0.25) is 5.91 Å². The SMILES string of the molecule is NC(=S)C1(C(=O)NCC2COCCO2)CCOCC1. The van der Waals surface area contributed by atoms with Crippen molar-refractivity contribution in [2.24, 2.45) is 11.1 Å². The number of nitrogens with two attached hydrogens (primary N) is 1. The average Bonchev–Trinajstić information content (AvgIpc) is 2.46. The summed E-state index contributed by atoms with van der Waals surface area (Å²) in [5.41, 5.74) is 5.00. The van der Waals surface area contributed by atoms with Gasteiger partial charge in [-0.15, -0.1) is 0 Å². The molecule has 6 nitrogen and oxygen atoms in total. The molecule has 0 radical (unpaired) electrons. The monoisotopic (exact) mass is 288 g/mol. The van der Waals surface area contributed by atoms with Crippen molar-refractivity contribution in [1.29, 1.82) is 0 Å². The topological polar surface area (TPSA) is 82.8 Å². The Hall–Kier alpha value is -0.760. The van der Waals surface area contributed by atoms with Crippen LogP contribution in [-0.2, 0) is 19.0 Å². The zero-order valence-corrected chi connectivity index (χ0v) is 11.7. The van der Waals surface area contributed by atoms with E-state index in [2.05, 4.69) is 5.32 Å². The van der Waals surface area contributed by atoms with Crippen LogP contribution in [0.15, 0.2) is 0 Å². The van der Waals surface area contributed by atoms with Gasteiger partial charge in [-0.05, 0) is 12.8 Å². The van der Waals surface area contributed by atoms with Crippen LogP contribution in [-0.4, -0.2) is 56.6 Å². The number of hydrogen-bond acceptors (Lipinski definition) is 5. The van der Waals surface area contributed by atoms with Crippen LogP contribution in [0.2, 0.25) is 0 Å². The molecule has 2 aliphatic rings. The van der Waals surface area contributed by atoms with Gasteiger partial charge >= 0.3 is 0 Å². The first-order valence-electron chi connectivity index (χ1n) is 6.50. The van der Waals surface area contributed by atoms with Crippen molar-refractivity contribution in [3.63, 3.8) is 0 Å². The molecule has 0 aromatic rings. The lowest BCUT2D eigenvalue weighted by atomic mass is 9.79. The van der Waals surface area contributed by atoms with E-state index in [1.165, 1.54) is 0 Å². The minimum Gasteiger partial charge on any atom is -0.392 e. The van der Waals surface area contributed by atoms with E-state index >= 15 is 0 Å². The summed E-state index contributed by atoms with van der Waals surface area (Å²) in [6.07, 6.45) is 0.979. The van der Waals surface area contributed by atoms with Gasteiger partial charge in [0.1, 0.15) is 5.41 Å². The summed E-state index contributed by atoms with van der Waals surface area (Å²) < 4.78 is 16.0. The zero-order valence-electron chi connectivity index (χ0n) is 10.9. The van der Waals surface area contributed by atoms with Gasteiger partial charge in [-0.1, -0.05) is 12.2 Å². The van der Waals surface area contributed by atoms with Crippen molar-refractivity contribution in [2.75, 3.05) is 39.6 Å². The quantitative estimate of drug-likeness (QED) is 0.685. The van der Waals surface area contributed by atoms with E-state index in [1.54, 1.807) is 0 Å². The van der Waals surface area contributed by atoms with E-state index in [1.807, 2.05) is 0 Å². The van der Waals surface area contributed by atoms with Crippen LogP contribution < -0.4 is 11.1 Å². The molecule has 1 unspecified atom stereocenters. The molecule has 0 aromatic heterocycles. The number of amides is 1. The highest BCUT2D eigenvalue weighted by Crippen LogP contribution is 2.31. The second kappa shape index (κ2) is 6.60. The zero-order chi connectivity index (χ0) is 13.7. The Morgan fingerprint density at radius 3 is 2.58 bits per heavy atom. The Labute approximate surface area is 117 Å². The lowest BCUT2D eigenvalue weighted by Crippen LogP contribution is -2.53. The Balaban J connectivity index is 1.90. The molecule has 3 N–H and O–H groups in total. The molecule has 2 rings (SSSR count). The highest BCUT2D eigenvalue weighted by atomic mass is 32.1. The van der Waals surface area contributed by atoms with E-state index < -0.39 is 5.41 Å². The smallest absolute Gasteiger partial charge is 0.233 e. The molecule has 0 aliphatic carbocycles. The molecule has 0 aromatic carbocycles. The highest BCUT2D eigenvalue weighted by Gasteiger charge is 2.43. The summed E-state index contributed by atoms with van der Waals surface area (Å²) in [4.78, 5) is 12.6. The van der Waals surface area contributed by atoms with Gasteiger partial charge in [0.05, 0.1) is 30.9 Å². The summed E-state index contributed by atoms with van der Waals surface area (Å²) >= 11 is 5.08. The second-order valence-corrected chi connectivity index (χ2v) is 5.28. The third kappa shape index (κ3) is 3.42. The number of nitrogens with one attached hydrogen (secondary N) is 1. The largest absolute Gasteiger partial charge is 0.392 e. The maximum atomic E-state index is 12.4.